The highest BCUT2D eigenvalue weighted by atomic mass is 35.5. The number of amides is 1. The van der Waals surface area contributed by atoms with Crippen molar-refractivity contribution < 1.29 is 9.53 Å². The first-order valence-corrected chi connectivity index (χ1v) is 8.66. The molecule has 3 rings (SSSR count). The van der Waals surface area contributed by atoms with E-state index in [2.05, 4.69) is 20.6 Å². The van der Waals surface area contributed by atoms with Gasteiger partial charge in [0.15, 0.2) is 0 Å². The molecule has 0 unspecified atom stereocenters. The zero-order chi connectivity index (χ0) is 19.4. The fourth-order valence-electron chi connectivity index (χ4n) is 2.62. The average Bonchev–Trinajstić information content (AvgIpc) is 2.61. The number of methoxy groups -OCH3 is 1. The molecule has 1 heterocycles. The number of aromatic nitrogens is 2. The van der Waals surface area contributed by atoms with Crippen molar-refractivity contribution in [3.05, 3.63) is 70.5 Å². The van der Waals surface area contributed by atoms with E-state index in [1.165, 1.54) is 7.11 Å². The van der Waals surface area contributed by atoms with E-state index in [9.17, 15) is 4.79 Å². The van der Waals surface area contributed by atoms with Crippen molar-refractivity contribution in [3.63, 3.8) is 0 Å². The predicted octanol–water partition coefficient (Wildman–Crippen LogP) is 4.75. The van der Waals surface area contributed by atoms with Crippen molar-refractivity contribution in [3.8, 4) is 5.75 Å². The second-order valence-corrected chi connectivity index (χ2v) is 6.42. The summed E-state index contributed by atoms with van der Waals surface area (Å²) in [4.78, 5) is 21.3. The average molecular weight is 383 g/mol. The molecule has 3 aromatic rings. The molecule has 2 N–H and O–H groups in total. The number of halogens is 1. The summed E-state index contributed by atoms with van der Waals surface area (Å²) >= 11 is 6.01. The Morgan fingerprint density at radius 1 is 1.04 bits per heavy atom. The summed E-state index contributed by atoms with van der Waals surface area (Å²) in [7, 11) is 1.53. The fraction of sp³-hybridized carbons (Fsp3) is 0.150. The van der Waals surface area contributed by atoms with Crippen molar-refractivity contribution in [2.45, 2.75) is 13.8 Å². The summed E-state index contributed by atoms with van der Waals surface area (Å²) in [6.07, 6.45) is 0. The Morgan fingerprint density at radius 2 is 1.78 bits per heavy atom. The molecule has 6 nitrogen and oxygen atoms in total. The Balaban J connectivity index is 1.80. The molecule has 0 saturated carbocycles. The van der Waals surface area contributed by atoms with Crippen LogP contribution in [0.5, 0.6) is 5.75 Å². The summed E-state index contributed by atoms with van der Waals surface area (Å²) in [6.45, 7) is 3.81. The lowest BCUT2D eigenvalue weighted by Gasteiger charge is -2.12. The molecule has 0 aliphatic heterocycles. The zero-order valence-electron chi connectivity index (χ0n) is 15.2. The molecule has 1 aromatic heterocycles. The first-order valence-electron chi connectivity index (χ1n) is 8.29. The van der Waals surface area contributed by atoms with Gasteiger partial charge in [0, 0.05) is 27.7 Å². The Morgan fingerprint density at radius 3 is 2.48 bits per heavy atom. The molecule has 0 bridgehead atoms. The van der Waals surface area contributed by atoms with Crippen molar-refractivity contribution in [1.82, 2.24) is 9.97 Å². The number of nitrogens with zero attached hydrogens (tertiary/aromatic N) is 2. The maximum atomic E-state index is 12.6. The number of rotatable bonds is 5. The standard InChI is InChI=1S/C20H19ClN4O2/c1-12-9-13(2)23-20(22-12)24-16-6-4-5-14(10-16)19(26)25-17-11-15(21)7-8-18(17)27-3/h4-11H,1-3H3,(H,25,26)(H,22,23,24). The van der Waals surface area contributed by atoms with E-state index in [4.69, 9.17) is 16.3 Å². The Kier molecular flexibility index (Phi) is 5.57. The van der Waals surface area contributed by atoms with E-state index in [0.29, 0.717) is 33.7 Å². The quantitative estimate of drug-likeness (QED) is 0.665. The summed E-state index contributed by atoms with van der Waals surface area (Å²) in [5.41, 5.74) is 3.43. The molecule has 0 fully saturated rings. The lowest BCUT2D eigenvalue weighted by atomic mass is 10.1. The van der Waals surface area contributed by atoms with Crippen LogP contribution in [0.1, 0.15) is 21.7 Å². The van der Waals surface area contributed by atoms with Gasteiger partial charge in [0.05, 0.1) is 12.8 Å². The van der Waals surface area contributed by atoms with Crippen LogP contribution < -0.4 is 15.4 Å². The second-order valence-electron chi connectivity index (χ2n) is 5.98. The lowest BCUT2D eigenvalue weighted by molar-refractivity contribution is 0.102. The van der Waals surface area contributed by atoms with Crippen molar-refractivity contribution in [2.24, 2.45) is 0 Å². The molecule has 0 radical (unpaired) electrons. The topological polar surface area (TPSA) is 76.1 Å². The number of benzene rings is 2. The van der Waals surface area contributed by atoms with Gasteiger partial charge < -0.3 is 15.4 Å². The molecule has 0 aliphatic carbocycles. The van der Waals surface area contributed by atoms with Gasteiger partial charge in [0.1, 0.15) is 5.75 Å². The van der Waals surface area contributed by atoms with Crippen molar-refractivity contribution >= 4 is 34.8 Å². The first kappa shape index (κ1) is 18.7. The van der Waals surface area contributed by atoms with Gasteiger partial charge in [0.2, 0.25) is 5.95 Å². The van der Waals surface area contributed by atoms with E-state index in [1.54, 1.807) is 36.4 Å². The fourth-order valence-corrected chi connectivity index (χ4v) is 2.79. The number of anilines is 3. The Hall–Kier alpha value is -3.12. The number of carbonyl (C=O) groups excluding carboxylic acids is 1. The normalized spacial score (nSPS) is 10.4. The van der Waals surface area contributed by atoms with E-state index >= 15 is 0 Å². The highest BCUT2D eigenvalue weighted by Crippen LogP contribution is 2.28. The van der Waals surface area contributed by atoms with Gasteiger partial charge in [-0.1, -0.05) is 17.7 Å². The van der Waals surface area contributed by atoms with Gasteiger partial charge in [-0.15, -0.1) is 0 Å². The molecule has 27 heavy (non-hydrogen) atoms. The third-order valence-corrected chi connectivity index (χ3v) is 4.01. The number of nitrogens with one attached hydrogen (secondary N) is 2. The SMILES string of the molecule is COc1ccc(Cl)cc1NC(=O)c1cccc(Nc2nc(C)cc(C)n2)c1. The summed E-state index contributed by atoms with van der Waals surface area (Å²) in [6, 6.07) is 14.0. The van der Waals surface area contributed by atoms with Crippen LogP contribution >= 0.6 is 11.6 Å². The van der Waals surface area contributed by atoms with Gasteiger partial charge in [-0.05, 0) is 56.3 Å². The largest absolute Gasteiger partial charge is 0.495 e. The lowest BCUT2D eigenvalue weighted by Crippen LogP contribution is -2.13. The number of ether oxygens (including phenoxy) is 1. The van der Waals surface area contributed by atoms with Crippen LogP contribution in [0.3, 0.4) is 0 Å². The Bertz CT molecular complexity index is 971. The molecule has 0 atom stereocenters. The number of hydrogen-bond donors (Lipinski definition) is 2. The van der Waals surface area contributed by atoms with E-state index in [-0.39, 0.29) is 5.91 Å². The zero-order valence-corrected chi connectivity index (χ0v) is 16.0. The van der Waals surface area contributed by atoms with Gasteiger partial charge in [0.25, 0.3) is 5.91 Å². The molecule has 0 spiro atoms. The smallest absolute Gasteiger partial charge is 0.255 e. The maximum Gasteiger partial charge on any atom is 0.255 e. The van der Waals surface area contributed by atoms with E-state index in [0.717, 1.165) is 11.4 Å². The molecule has 1 amide bonds. The third-order valence-electron chi connectivity index (χ3n) is 3.77. The Labute approximate surface area is 162 Å². The van der Waals surface area contributed by atoms with Crippen LogP contribution in [0, 0.1) is 13.8 Å². The minimum Gasteiger partial charge on any atom is -0.495 e. The molecular formula is C20H19ClN4O2. The van der Waals surface area contributed by atoms with Crippen LogP contribution in [0.15, 0.2) is 48.5 Å². The highest BCUT2D eigenvalue weighted by Gasteiger charge is 2.11. The molecule has 7 heteroatoms. The maximum absolute atomic E-state index is 12.6. The number of carbonyl (C=O) groups is 1. The second kappa shape index (κ2) is 8.05. The van der Waals surface area contributed by atoms with E-state index < -0.39 is 0 Å². The minimum atomic E-state index is -0.277. The van der Waals surface area contributed by atoms with Crippen LogP contribution in [0.2, 0.25) is 5.02 Å². The van der Waals surface area contributed by atoms with Crippen LogP contribution in [0.4, 0.5) is 17.3 Å². The first-order chi connectivity index (χ1) is 12.9. The van der Waals surface area contributed by atoms with Crippen LogP contribution in [-0.4, -0.2) is 23.0 Å². The van der Waals surface area contributed by atoms with Gasteiger partial charge in [-0.3, -0.25) is 4.79 Å². The number of aryl methyl sites for hydroxylation is 2. The monoisotopic (exact) mass is 382 g/mol. The van der Waals surface area contributed by atoms with Crippen LogP contribution in [-0.2, 0) is 0 Å². The van der Waals surface area contributed by atoms with E-state index in [1.807, 2.05) is 26.0 Å². The van der Waals surface area contributed by atoms with Gasteiger partial charge in [-0.25, -0.2) is 9.97 Å². The third kappa shape index (κ3) is 4.74. The van der Waals surface area contributed by atoms with Crippen LogP contribution in [0.25, 0.3) is 0 Å². The minimum absolute atomic E-state index is 0.277. The molecular weight excluding hydrogens is 364 g/mol. The summed E-state index contributed by atoms with van der Waals surface area (Å²) < 4.78 is 5.26. The molecule has 2 aromatic carbocycles. The molecule has 0 aliphatic rings. The molecule has 138 valence electrons. The number of hydrogen-bond acceptors (Lipinski definition) is 5. The van der Waals surface area contributed by atoms with Gasteiger partial charge in [-0.2, -0.15) is 0 Å². The molecule has 0 saturated heterocycles. The van der Waals surface area contributed by atoms with Crippen molar-refractivity contribution in [2.75, 3.05) is 17.7 Å². The summed E-state index contributed by atoms with van der Waals surface area (Å²) in [5, 5.41) is 6.46. The summed E-state index contributed by atoms with van der Waals surface area (Å²) in [5.74, 6) is 0.743. The highest BCUT2D eigenvalue weighted by molar-refractivity contribution is 6.31. The van der Waals surface area contributed by atoms with Crippen molar-refractivity contribution in [1.29, 1.82) is 0 Å². The van der Waals surface area contributed by atoms with Gasteiger partial charge >= 0.3 is 0 Å². The predicted molar refractivity (Wildman–Crippen MR) is 107 cm³/mol.